The zero-order chi connectivity index (χ0) is 19.8. The summed E-state index contributed by atoms with van der Waals surface area (Å²) in [6, 6.07) is 9.86. The second-order valence-corrected chi connectivity index (χ2v) is 6.76. The fourth-order valence-electron chi connectivity index (χ4n) is 3.43. The molecule has 0 spiro atoms. The van der Waals surface area contributed by atoms with Crippen molar-refractivity contribution < 1.29 is 18.7 Å². The van der Waals surface area contributed by atoms with E-state index < -0.39 is 5.97 Å². The molecular weight excluding hydrogens is 358 g/mol. The van der Waals surface area contributed by atoms with Gasteiger partial charge in [-0.3, -0.25) is 9.80 Å². The molecule has 0 saturated carbocycles. The number of morpholine rings is 1. The fourth-order valence-corrected chi connectivity index (χ4v) is 3.43. The molecule has 0 atom stereocenters. The highest BCUT2D eigenvalue weighted by Gasteiger charge is 2.23. The van der Waals surface area contributed by atoms with E-state index in [1.807, 2.05) is 24.3 Å². The highest BCUT2D eigenvalue weighted by Crippen LogP contribution is 2.28. The number of furan rings is 1. The Balaban J connectivity index is 1.79. The number of rotatable bonds is 9. The number of esters is 1. The first-order valence-electron chi connectivity index (χ1n) is 9.80. The third kappa shape index (κ3) is 5.10. The van der Waals surface area contributed by atoms with Crippen molar-refractivity contribution in [1.82, 2.24) is 9.80 Å². The molecule has 28 heavy (non-hydrogen) atoms. The van der Waals surface area contributed by atoms with E-state index in [1.54, 1.807) is 6.92 Å². The molecule has 1 fully saturated rings. The monoisotopic (exact) mass is 385 g/mol. The van der Waals surface area contributed by atoms with Gasteiger partial charge in [0.05, 0.1) is 25.9 Å². The summed E-state index contributed by atoms with van der Waals surface area (Å²) in [6.45, 7) is 8.34. The van der Waals surface area contributed by atoms with E-state index in [-0.39, 0.29) is 5.76 Å². The molecule has 150 valence electrons. The molecule has 0 bridgehead atoms. The molecule has 0 radical (unpaired) electrons. The van der Waals surface area contributed by atoms with Crippen LogP contribution in [0.3, 0.4) is 0 Å². The van der Waals surface area contributed by atoms with Crippen LogP contribution in [0.25, 0.3) is 11.0 Å². The maximum absolute atomic E-state index is 12.4. The van der Waals surface area contributed by atoms with Gasteiger partial charge >= 0.3 is 5.97 Å². The predicted molar refractivity (Wildman–Crippen MR) is 105 cm³/mol. The van der Waals surface area contributed by atoms with Crippen LogP contribution in [0, 0.1) is 11.3 Å². The van der Waals surface area contributed by atoms with Gasteiger partial charge in [0.25, 0.3) is 0 Å². The molecule has 7 nitrogen and oxygen atoms in total. The molecule has 1 aromatic carbocycles. The number of para-hydroxylation sites is 1. The minimum absolute atomic E-state index is 0.261. The van der Waals surface area contributed by atoms with Crippen LogP contribution in [0.15, 0.2) is 28.7 Å². The smallest absolute Gasteiger partial charge is 0.374 e. The quantitative estimate of drug-likeness (QED) is 0.614. The van der Waals surface area contributed by atoms with E-state index in [0.717, 1.165) is 50.3 Å². The van der Waals surface area contributed by atoms with E-state index in [0.29, 0.717) is 31.7 Å². The normalized spacial score (nSPS) is 15.0. The van der Waals surface area contributed by atoms with Crippen molar-refractivity contribution in [3.8, 4) is 6.07 Å². The van der Waals surface area contributed by atoms with Gasteiger partial charge in [-0.25, -0.2) is 4.79 Å². The van der Waals surface area contributed by atoms with E-state index >= 15 is 0 Å². The van der Waals surface area contributed by atoms with Crippen LogP contribution >= 0.6 is 0 Å². The average molecular weight is 385 g/mol. The summed E-state index contributed by atoms with van der Waals surface area (Å²) >= 11 is 0. The molecule has 1 aliphatic rings. The minimum atomic E-state index is -0.442. The second kappa shape index (κ2) is 10.2. The molecule has 0 N–H and O–H groups in total. The second-order valence-electron chi connectivity index (χ2n) is 6.76. The molecule has 0 amide bonds. The summed E-state index contributed by atoms with van der Waals surface area (Å²) in [5.41, 5.74) is 1.50. The fraction of sp³-hybridized carbons (Fsp3) is 0.524. The van der Waals surface area contributed by atoms with Gasteiger partial charge in [-0.1, -0.05) is 18.2 Å². The van der Waals surface area contributed by atoms with Gasteiger partial charge in [0.1, 0.15) is 5.58 Å². The SMILES string of the molecule is CCOC(=O)c1oc2ccccc2c1CN(CCC#N)CCN1CCOCC1. The number of ether oxygens (including phenoxy) is 2. The molecule has 7 heteroatoms. The number of nitrogens with zero attached hydrogens (tertiary/aromatic N) is 3. The van der Waals surface area contributed by atoms with Crippen molar-refractivity contribution in [2.75, 3.05) is 52.5 Å². The van der Waals surface area contributed by atoms with Crippen molar-refractivity contribution in [3.05, 3.63) is 35.6 Å². The number of hydrogen-bond donors (Lipinski definition) is 0. The number of fused-ring (bicyclic) bond motifs is 1. The largest absolute Gasteiger partial charge is 0.460 e. The number of hydrogen-bond acceptors (Lipinski definition) is 7. The summed E-state index contributed by atoms with van der Waals surface area (Å²) in [4.78, 5) is 17.0. The lowest BCUT2D eigenvalue weighted by Crippen LogP contribution is -2.41. The van der Waals surface area contributed by atoms with E-state index in [9.17, 15) is 4.79 Å². The lowest BCUT2D eigenvalue weighted by Gasteiger charge is -2.29. The first-order chi connectivity index (χ1) is 13.7. The van der Waals surface area contributed by atoms with Crippen LogP contribution in [0.4, 0.5) is 0 Å². The average Bonchev–Trinajstić information content (AvgIpc) is 3.09. The Morgan fingerprint density at radius 3 is 2.82 bits per heavy atom. The Hall–Kier alpha value is -2.40. The molecule has 2 aromatic rings. The molecular formula is C21H27N3O4. The molecule has 0 aliphatic carbocycles. The zero-order valence-corrected chi connectivity index (χ0v) is 16.4. The van der Waals surface area contributed by atoms with Gasteiger partial charge in [0.15, 0.2) is 0 Å². The van der Waals surface area contributed by atoms with Gasteiger partial charge < -0.3 is 13.9 Å². The number of nitriles is 1. The third-order valence-electron chi connectivity index (χ3n) is 4.92. The molecule has 3 rings (SSSR count). The standard InChI is InChI=1S/C21H27N3O4/c1-2-27-21(25)20-18(17-6-3-4-7-19(17)28-20)16-24(9-5-8-22)11-10-23-12-14-26-15-13-23/h3-4,6-7H,2,5,9-16H2,1H3. The topological polar surface area (TPSA) is 78.9 Å². The molecule has 0 unspecified atom stereocenters. The van der Waals surface area contributed by atoms with E-state index in [2.05, 4.69) is 15.9 Å². The Morgan fingerprint density at radius 2 is 2.07 bits per heavy atom. The molecule has 2 heterocycles. The van der Waals surface area contributed by atoms with E-state index in [4.69, 9.17) is 19.2 Å². The first kappa shape index (κ1) is 20.3. The van der Waals surface area contributed by atoms with Crippen molar-refractivity contribution in [2.24, 2.45) is 0 Å². The van der Waals surface area contributed by atoms with Gasteiger partial charge in [0.2, 0.25) is 5.76 Å². The van der Waals surface area contributed by atoms with E-state index in [1.165, 1.54) is 0 Å². The number of benzene rings is 1. The maximum atomic E-state index is 12.4. The Morgan fingerprint density at radius 1 is 1.29 bits per heavy atom. The Bertz CT molecular complexity index is 821. The van der Waals surface area contributed by atoms with Crippen molar-refractivity contribution in [3.63, 3.8) is 0 Å². The summed E-state index contributed by atoms with van der Waals surface area (Å²) < 4.78 is 16.4. The lowest BCUT2D eigenvalue weighted by molar-refractivity contribution is 0.0329. The van der Waals surface area contributed by atoms with Crippen LogP contribution in [0.1, 0.15) is 29.5 Å². The minimum Gasteiger partial charge on any atom is -0.460 e. The van der Waals surface area contributed by atoms with Crippen LogP contribution < -0.4 is 0 Å². The summed E-state index contributed by atoms with van der Waals surface area (Å²) in [7, 11) is 0. The van der Waals surface area contributed by atoms with Crippen LogP contribution in [-0.2, 0) is 16.0 Å². The van der Waals surface area contributed by atoms with Gasteiger partial charge in [-0.2, -0.15) is 5.26 Å². The van der Waals surface area contributed by atoms with Crippen molar-refractivity contribution in [1.29, 1.82) is 5.26 Å². The third-order valence-corrected chi connectivity index (χ3v) is 4.92. The Labute approximate surface area is 165 Å². The van der Waals surface area contributed by atoms with Crippen LogP contribution in [0.2, 0.25) is 0 Å². The van der Waals surface area contributed by atoms with Crippen LogP contribution in [0.5, 0.6) is 0 Å². The summed E-state index contributed by atoms with van der Waals surface area (Å²) in [6.07, 6.45) is 0.438. The van der Waals surface area contributed by atoms with Gasteiger partial charge in [0, 0.05) is 56.6 Å². The highest BCUT2D eigenvalue weighted by molar-refractivity contribution is 5.96. The first-order valence-corrected chi connectivity index (χ1v) is 9.80. The van der Waals surface area contributed by atoms with Gasteiger partial charge in [-0.05, 0) is 13.0 Å². The molecule has 1 aliphatic heterocycles. The maximum Gasteiger partial charge on any atom is 0.374 e. The number of carbonyl (C=O) groups is 1. The summed E-state index contributed by atoms with van der Waals surface area (Å²) in [5, 5.41) is 9.96. The predicted octanol–water partition coefficient (Wildman–Crippen LogP) is 2.66. The van der Waals surface area contributed by atoms with Crippen molar-refractivity contribution >= 4 is 16.9 Å². The zero-order valence-electron chi connectivity index (χ0n) is 16.4. The molecule has 1 aromatic heterocycles. The summed E-state index contributed by atoms with van der Waals surface area (Å²) in [5.74, 6) is -0.182. The van der Waals surface area contributed by atoms with Crippen molar-refractivity contribution in [2.45, 2.75) is 19.9 Å². The molecule has 1 saturated heterocycles. The highest BCUT2D eigenvalue weighted by atomic mass is 16.5. The Kier molecular flexibility index (Phi) is 7.43. The van der Waals surface area contributed by atoms with Crippen LogP contribution in [-0.4, -0.2) is 68.3 Å². The number of carbonyl (C=O) groups excluding carboxylic acids is 1. The van der Waals surface area contributed by atoms with Gasteiger partial charge in [-0.15, -0.1) is 0 Å². The lowest BCUT2D eigenvalue weighted by atomic mass is 10.1.